The van der Waals surface area contributed by atoms with Crippen LogP contribution < -0.4 is 15.8 Å². The van der Waals surface area contributed by atoms with Crippen molar-refractivity contribution in [1.82, 2.24) is 5.32 Å². The van der Waals surface area contributed by atoms with Crippen molar-refractivity contribution >= 4 is 11.6 Å². The van der Waals surface area contributed by atoms with E-state index in [4.69, 9.17) is 10.5 Å². The first-order chi connectivity index (χ1) is 9.32. The molecular formula is C13H19N3O4. The Kier molecular flexibility index (Phi) is 5.45. The van der Waals surface area contributed by atoms with Gasteiger partial charge in [-0.05, 0) is 13.0 Å². The maximum absolute atomic E-state index is 11.3. The largest absolute Gasteiger partial charge is 0.485 e. The summed E-state index contributed by atoms with van der Waals surface area (Å²) < 4.78 is 5.40. The summed E-state index contributed by atoms with van der Waals surface area (Å²) >= 11 is 0. The first kappa shape index (κ1) is 15.9. The van der Waals surface area contributed by atoms with Crippen molar-refractivity contribution in [2.45, 2.75) is 32.9 Å². The number of hydrogen-bond acceptors (Lipinski definition) is 5. The van der Waals surface area contributed by atoms with Gasteiger partial charge in [-0.2, -0.15) is 0 Å². The molecular weight excluding hydrogens is 262 g/mol. The number of nitrogens with one attached hydrogen (secondary N) is 1. The summed E-state index contributed by atoms with van der Waals surface area (Å²) in [4.78, 5) is 21.8. The number of nitrogens with zero attached hydrogens (tertiary/aromatic N) is 1. The maximum atomic E-state index is 11.3. The Balaban J connectivity index is 2.85. The number of nitro benzene ring substituents is 1. The first-order valence-electron chi connectivity index (χ1n) is 6.25. The Labute approximate surface area is 117 Å². The molecule has 1 rings (SSSR count). The average molecular weight is 281 g/mol. The molecule has 0 heterocycles. The van der Waals surface area contributed by atoms with Gasteiger partial charge in [0.15, 0.2) is 5.75 Å². The number of para-hydroxylation sites is 1. The van der Waals surface area contributed by atoms with Crippen LogP contribution in [0.3, 0.4) is 0 Å². The van der Waals surface area contributed by atoms with Crippen LogP contribution in [0.25, 0.3) is 0 Å². The number of benzene rings is 1. The van der Waals surface area contributed by atoms with Crippen LogP contribution >= 0.6 is 0 Å². The number of ether oxygens (including phenoxy) is 1. The van der Waals surface area contributed by atoms with Gasteiger partial charge in [-0.3, -0.25) is 14.9 Å². The standard InChI is InChI=1S/C13H19N3O4/c1-8(2)15-10(13(14)17)7-20-11-6-4-5-9(3)12(11)16(18)19/h4-6,8,10,15H,7H2,1-3H3,(H2,14,17). The van der Waals surface area contributed by atoms with Gasteiger partial charge in [0.05, 0.1) is 4.92 Å². The van der Waals surface area contributed by atoms with Crippen molar-refractivity contribution in [3.8, 4) is 5.75 Å². The van der Waals surface area contributed by atoms with Crippen LogP contribution in [-0.2, 0) is 4.79 Å². The summed E-state index contributed by atoms with van der Waals surface area (Å²) in [5, 5.41) is 14.0. The lowest BCUT2D eigenvalue weighted by Gasteiger charge is -2.18. The molecule has 0 saturated heterocycles. The van der Waals surface area contributed by atoms with Crippen molar-refractivity contribution < 1.29 is 14.5 Å². The number of carbonyl (C=O) groups is 1. The lowest BCUT2D eigenvalue weighted by Crippen LogP contribution is -2.48. The van der Waals surface area contributed by atoms with Crippen LogP contribution in [0.4, 0.5) is 5.69 Å². The fraction of sp³-hybridized carbons (Fsp3) is 0.462. The van der Waals surface area contributed by atoms with Crippen molar-refractivity contribution in [2.24, 2.45) is 5.73 Å². The minimum atomic E-state index is -0.699. The van der Waals surface area contributed by atoms with E-state index >= 15 is 0 Å². The third-order valence-corrected chi connectivity index (χ3v) is 2.67. The predicted molar refractivity (Wildman–Crippen MR) is 74.6 cm³/mol. The summed E-state index contributed by atoms with van der Waals surface area (Å²) in [6, 6.07) is 4.13. The molecule has 1 amide bonds. The van der Waals surface area contributed by atoms with Crippen LogP contribution in [-0.4, -0.2) is 29.5 Å². The smallest absolute Gasteiger partial charge is 0.313 e. The van der Waals surface area contributed by atoms with E-state index in [9.17, 15) is 14.9 Å². The molecule has 0 radical (unpaired) electrons. The molecule has 0 fully saturated rings. The van der Waals surface area contributed by atoms with Crippen molar-refractivity contribution in [2.75, 3.05) is 6.61 Å². The zero-order chi connectivity index (χ0) is 15.3. The highest BCUT2D eigenvalue weighted by Crippen LogP contribution is 2.30. The van der Waals surface area contributed by atoms with Crippen LogP contribution in [0, 0.1) is 17.0 Å². The number of carbonyl (C=O) groups excluding carboxylic acids is 1. The van der Waals surface area contributed by atoms with Gasteiger partial charge in [0.1, 0.15) is 12.6 Å². The summed E-state index contributed by atoms with van der Waals surface area (Å²) in [5.74, 6) is -0.430. The number of aryl methyl sites for hydroxylation is 1. The normalized spacial score (nSPS) is 12.2. The Bertz CT molecular complexity index is 502. The number of hydrogen-bond donors (Lipinski definition) is 2. The molecule has 3 N–H and O–H groups in total. The van der Waals surface area contributed by atoms with E-state index in [1.807, 2.05) is 13.8 Å². The van der Waals surface area contributed by atoms with Crippen molar-refractivity contribution in [1.29, 1.82) is 0 Å². The predicted octanol–water partition coefficient (Wildman–Crippen LogP) is 1.13. The van der Waals surface area contributed by atoms with E-state index in [-0.39, 0.29) is 24.1 Å². The second-order valence-corrected chi connectivity index (χ2v) is 4.77. The zero-order valence-electron chi connectivity index (χ0n) is 11.8. The molecule has 0 aliphatic rings. The fourth-order valence-corrected chi connectivity index (χ4v) is 1.77. The molecule has 1 unspecified atom stereocenters. The summed E-state index contributed by atoms with van der Waals surface area (Å²) in [6.07, 6.45) is 0. The first-order valence-corrected chi connectivity index (χ1v) is 6.25. The lowest BCUT2D eigenvalue weighted by atomic mass is 10.2. The minimum Gasteiger partial charge on any atom is -0.485 e. The number of amides is 1. The van der Waals surface area contributed by atoms with Gasteiger partial charge in [-0.1, -0.05) is 26.0 Å². The molecule has 1 atom stereocenters. The molecule has 7 nitrogen and oxygen atoms in total. The lowest BCUT2D eigenvalue weighted by molar-refractivity contribution is -0.386. The second kappa shape index (κ2) is 6.85. The molecule has 0 bridgehead atoms. The Morgan fingerprint density at radius 1 is 1.50 bits per heavy atom. The van der Waals surface area contributed by atoms with Crippen molar-refractivity contribution in [3.05, 3.63) is 33.9 Å². The number of primary amides is 1. The molecule has 0 aliphatic heterocycles. The van der Waals surface area contributed by atoms with Gasteiger partial charge in [-0.25, -0.2) is 0 Å². The van der Waals surface area contributed by atoms with Crippen molar-refractivity contribution in [3.63, 3.8) is 0 Å². The number of rotatable bonds is 7. The highest BCUT2D eigenvalue weighted by Gasteiger charge is 2.22. The van der Waals surface area contributed by atoms with Gasteiger partial charge in [-0.15, -0.1) is 0 Å². The summed E-state index contributed by atoms with van der Waals surface area (Å²) in [7, 11) is 0. The Morgan fingerprint density at radius 3 is 2.65 bits per heavy atom. The van der Waals surface area contributed by atoms with Gasteiger partial charge in [0, 0.05) is 11.6 Å². The third-order valence-electron chi connectivity index (χ3n) is 2.67. The van der Waals surface area contributed by atoms with E-state index in [0.29, 0.717) is 5.56 Å². The quantitative estimate of drug-likeness (QED) is 0.575. The molecule has 0 aromatic heterocycles. The maximum Gasteiger partial charge on any atom is 0.313 e. The molecule has 20 heavy (non-hydrogen) atoms. The van der Waals surface area contributed by atoms with Crippen LogP contribution in [0.5, 0.6) is 5.75 Å². The van der Waals surface area contributed by atoms with Crippen LogP contribution in [0.15, 0.2) is 18.2 Å². The highest BCUT2D eigenvalue weighted by atomic mass is 16.6. The highest BCUT2D eigenvalue weighted by molar-refractivity contribution is 5.80. The molecule has 0 aliphatic carbocycles. The van der Waals surface area contributed by atoms with E-state index in [1.54, 1.807) is 19.1 Å². The van der Waals surface area contributed by atoms with Crippen LogP contribution in [0.1, 0.15) is 19.4 Å². The molecule has 0 spiro atoms. The van der Waals surface area contributed by atoms with Gasteiger partial charge in [0.2, 0.25) is 5.91 Å². The molecule has 1 aromatic carbocycles. The number of nitro groups is 1. The van der Waals surface area contributed by atoms with Gasteiger partial charge >= 0.3 is 5.69 Å². The van der Waals surface area contributed by atoms with E-state index in [2.05, 4.69) is 5.32 Å². The van der Waals surface area contributed by atoms with Gasteiger partial charge in [0.25, 0.3) is 0 Å². The van der Waals surface area contributed by atoms with Gasteiger partial charge < -0.3 is 15.8 Å². The SMILES string of the molecule is Cc1cccc(OCC(NC(C)C)C(N)=O)c1[N+](=O)[O-]. The van der Waals surface area contributed by atoms with E-state index < -0.39 is 16.9 Å². The molecule has 110 valence electrons. The summed E-state index contributed by atoms with van der Waals surface area (Å²) in [5.41, 5.74) is 5.66. The Hall–Kier alpha value is -2.15. The van der Waals surface area contributed by atoms with E-state index in [1.165, 1.54) is 6.07 Å². The third kappa shape index (κ3) is 4.20. The molecule has 0 saturated carbocycles. The Morgan fingerprint density at radius 2 is 2.15 bits per heavy atom. The number of nitrogens with two attached hydrogens (primary N) is 1. The zero-order valence-corrected chi connectivity index (χ0v) is 11.8. The second-order valence-electron chi connectivity index (χ2n) is 4.77. The van der Waals surface area contributed by atoms with E-state index in [0.717, 1.165) is 0 Å². The molecule has 1 aromatic rings. The topological polar surface area (TPSA) is 107 Å². The summed E-state index contributed by atoms with van der Waals surface area (Å²) in [6.45, 7) is 5.30. The fourth-order valence-electron chi connectivity index (χ4n) is 1.77. The monoisotopic (exact) mass is 281 g/mol. The molecule has 7 heteroatoms. The minimum absolute atomic E-state index is 0.0450. The van der Waals surface area contributed by atoms with Crippen LogP contribution in [0.2, 0.25) is 0 Å². The average Bonchev–Trinajstić information content (AvgIpc) is 2.33.